The highest BCUT2D eigenvalue weighted by Crippen LogP contribution is 2.17. The summed E-state index contributed by atoms with van der Waals surface area (Å²) in [6.45, 7) is 3.80. The second-order valence-corrected chi connectivity index (χ2v) is 4.77. The fraction of sp³-hybridized carbons (Fsp3) is 0.294. The Kier molecular flexibility index (Phi) is 5.76. The van der Waals surface area contributed by atoms with Crippen LogP contribution in [0.15, 0.2) is 53.7 Å². The van der Waals surface area contributed by atoms with Crippen LogP contribution in [0.5, 0.6) is 0 Å². The van der Waals surface area contributed by atoms with Crippen molar-refractivity contribution in [2.24, 2.45) is 4.99 Å². The number of nitrogens with one attached hydrogen (secondary N) is 2. The Morgan fingerprint density at radius 3 is 2.76 bits per heavy atom. The van der Waals surface area contributed by atoms with Gasteiger partial charge in [-0.2, -0.15) is 0 Å². The van der Waals surface area contributed by atoms with E-state index in [4.69, 9.17) is 0 Å². The van der Waals surface area contributed by atoms with Crippen LogP contribution in [0, 0.1) is 0 Å². The Hall–Kier alpha value is -2.36. The largest absolute Gasteiger partial charge is 0.356 e. The van der Waals surface area contributed by atoms with Gasteiger partial charge >= 0.3 is 0 Å². The monoisotopic (exact) mass is 282 g/mol. The molecule has 0 fully saturated rings. The van der Waals surface area contributed by atoms with Crippen molar-refractivity contribution in [2.75, 3.05) is 13.6 Å². The standard InChI is InChI=1S/C17H22N4/c1-3-10-20-17(18-2)21-13-14-7-6-8-15(12-14)16-9-4-5-11-19-16/h4-9,11-12H,3,10,13H2,1-2H3,(H2,18,20,21). The Morgan fingerprint density at radius 2 is 2.05 bits per heavy atom. The molecule has 0 aliphatic carbocycles. The summed E-state index contributed by atoms with van der Waals surface area (Å²) in [6.07, 6.45) is 2.90. The third-order valence-corrected chi connectivity index (χ3v) is 3.11. The lowest BCUT2D eigenvalue weighted by molar-refractivity contribution is 0.781. The first-order valence-electron chi connectivity index (χ1n) is 7.28. The lowest BCUT2D eigenvalue weighted by Crippen LogP contribution is -2.37. The molecule has 2 aromatic rings. The number of rotatable bonds is 5. The van der Waals surface area contributed by atoms with Gasteiger partial charge in [-0.05, 0) is 30.2 Å². The molecule has 4 nitrogen and oxygen atoms in total. The Bertz CT molecular complexity index is 578. The van der Waals surface area contributed by atoms with E-state index in [0.29, 0.717) is 0 Å². The Balaban J connectivity index is 2.02. The van der Waals surface area contributed by atoms with E-state index in [2.05, 4.69) is 51.8 Å². The number of pyridine rings is 1. The third kappa shape index (κ3) is 4.60. The number of nitrogens with zero attached hydrogens (tertiary/aromatic N) is 2. The minimum absolute atomic E-state index is 0.740. The average Bonchev–Trinajstić information content (AvgIpc) is 2.56. The molecule has 2 N–H and O–H groups in total. The van der Waals surface area contributed by atoms with E-state index >= 15 is 0 Å². The van der Waals surface area contributed by atoms with Crippen molar-refractivity contribution in [2.45, 2.75) is 19.9 Å². The van der Waals surface area contributed by atoms with Crippen LogP contribution in [-0.2, 0) is 6.54 Å². The van der Waals surface area contributed by atoms with Gasteiger partial charge in [0.05, 0.1) is 5.69 Å². The summed E-state index contributed by atoms with van der Waals surface area (Å²) in [4.78, 5) is 8.59. The first-order valence-corrected chi connectivity index (χ1v) is 7.28. The number of hydrogen-bond donors (Lipinski definition) is 2. The molecule has 0 aliphatic heterocycles. The Labute approximate surface area is 126 Å². The van der Waals surface area contributed by atoms with Gasteiger partial charge in [0.25, 0.3) is 0 Å². The predicted molar refractivity (Wildman–Crippen MR) is 88.2 cm³/mol. The predicted octanol–water partition coefficient (Wildman–Crippen LogP) is 2.82. The molecule has 0 unspecified atom stereocenters. The van der Waals surface area contributed by atoms with Crippen LogP contribution in [0.2, 0.25) is 0 Å². The first-order chi connectivity index (χ1) is 10.3. The van der Waals surface area contributed by atoms with Gasteiger partial charge in [-0.15, -0.1) is 0 Å². The number of benzene rings is 1. The molecule has 0 saturated carbocycles. The number of guanidine groups is 1. The second-order valence-electron chi connectivity index (χ2n) is 4.77. The minimum atomic E-state index is 0.740. The molecule has 4 heteroatoms. The first kappa shape index (κ1) is 15.0. The van der Waals surface area contributed by atoms with Crippen LogP contribution in [-0.4, -0.2) is 24.5 Å². The minimum Gasteiger partial charge on any atom is -0.356 e. The van der Waals surface area contributed by atoms with Crippen molar-refractivity contribution >= 4 is 5.96 Å². The third-order valence-electron chi connectivity index (χ3n) is 3.11. The van der Waals surface area contributed by atoms with Crippen molar-refractivity contribution in [1.29, 1.82) is 0 Å². The quantitative estimate of drug-likeness (QED) is 0.655. The Morgan fingerprint density at radius 1 is 1.14 bits per heavy atom. The fourth-order valence-electron chi connectivity index (χ4n) is 2.02. The molecular weight excluding hydrogens is 260 g/mol. The lowest BCUT2D eigenvalue weighted by atomic mass is 10.1. The average molecular weight is 282 g/mol. The smallest absolute Gasteiger partial charge is 0.191 e. The van der Waals surface area contributed by atoms with Crippen LogP contribution in [0.4, 0.5) is 0 Å². The fourth-order valence-corrected chi connectivity index (χ4v) is 2.02. The molecule has 1 heterocycles. The highest BCUT2D eigenvalue weighted by atomic mass is 15.2. The summed E-state index contributed by atoms with van der Waals surface area (Å²) in [5.74, 6) is 0.833. The van der Waals surface area contributed by atoms with Crippen LogP contribution >= 0.6 is 0 Å². The van der Waals surface area contributed by atoms with Gasteiger partial charge in [0, 0.05) is 31.9 Å². The van der Waals surface area contributed by atoms with E-state index in [1.807, 2.05) is 24.4 Å². The topological polar surface area (TPSA) is 49.3 Å². The normalized spacial score (nSPS) is 11.2. The molecule has 0 saturated heterocycles. The molecule has 1 aromatic heterocycles. The maximum absolute atomic E-state index is 4.39. The van der Waals surface area contributed by atoms with E-state index in [0.717, 1.165) is 36.7 Å². The SMILES string of the molecule is CCCNC(=NC)NCc1cccc(-c2ccccn2)c1. The van der Waals surface area contributed by atoms with E-state index in [9.17, 15) is 0 Å². The van der Waals surface area contributed by atoms with Crippen LogP contribution in [0.1, 0.15) is 18.9 Å². The summed E-state index contributed by atoms with van der Waals surface area (Å²) in [6, 6.07) is 14.4. The van der Waals surface area contributed by atoms with Crippen molar-refractivity contribution in [3.63, 3.8) is 0 Å². The van der Waals surface area contributed by atoms with E-state index in [1.54, 1.807) is 7.05 Å². The molecular formula is C17H22N4. The van der Waals surface area contributed by atoms with Crippen molar-refractivity contribution in [1.82, 2.24) is 15.6 Å². The molecule has 0 radical (unpaired) electrons. The van der Waals surface area contributed by atoms with Crippen molar-refractivity contribution in [3.05, 3.63) is 54.2 Å². The summed E-state index contributed by atoms with van der Waals surface area (Å²) < 4.78 is 0. The molecule has 0 bridgehead atoms. The zero-order valence-electron chi connectivity index (χ0n) is 12.6. The van der Waals surface area contributed by atoms with Crippen molar-refractivity contribution in [3.8, 4) is 11.3 Å². The van der Waals surface area contributed by atoms with Gasteiger partial charge in [0.2, 0.25) is 0 Å². The molecule has 2 rings (SSSR count). The maximum atomic E-state index is 4.39. The molecule has 1 aromatic carbocycles. The van der Waals surface area contributed by atoms with Gasteiger partial charge in [0.1, 0.15) is 0 Å². The van der Waals surface area contributed by atoms with E-state index < -0.39 is 0 Å². The molecule has 110 valence electrons. The number of aromatic nitrogens is 1. The second kappa shape index (κ2) is 8.04. The zero-order chi connectivity index (χ0) is 14.9. The van der Waals surface area contributed by atoms with Gasteiger partial charge in [-0.25, -0.2) is 0 Å². The summed E-state index contributed by atoms with van der Waals surface area (Å²) in [5.41, 5.74) is 3.33. The van der Waals surface area contributed by atoms with Gasteiger partial charge < -0.3 is 10.6 Å². The van der Waals surface area contributed by atoms with Crippen LogP contribution in [0.25, 0.3) is 11.3 Å². The molecule has 0 aliphatic rings. The van der Waals surface area contributed by atoms with E-state index in [1.165, 1.54) is 5.56 Å². The highest BCUT2D eigenvalue weighted by Gasteiger charge is 2.01. The van der Waals surface area contributed by atoms with Gasteiger partial charge in [0.15, 0.2) is 5.96 Å². The molecule has 0 atom stereocenters. The molecule has 21 heavy (non-hydrogen) atoms. The van der Waals surface area contributed by atoms with Gasteiger partial charge in [-0.3, -0.25) is 9.98 Å². The van der Waals surface area contributed by atoms with Crippen LogP contribution < -0.4 is 10.6 Å². The number of hydrogen-bond acceptors (Lipinski definition) is 2. The number of aliphatic imine (C=N–C) groups is 1. The van der Waals surface area contributed by atoms with Crippen LogP contribution in [0.3, 0.4) is 0 Å². The zero-order valence-corrected chi connectivity index (χ0v) is 12.6. The highest BCUT2D eigenvalue weighted by molar-refractivity contribution is 5.79. The van der Waals surface area contributed by atoms with Gasteiger partial charge in [-0.1, -0.05) is 31.2 Å². The van der Waals surface area contributed by atoms with E-state index in [-0.39, 0.29) is 0 Å². The lowest BCUT2D eigenvalue weighted by Gasteiger charge is -2.11. The summed E-state index contributed by atoms with van der Waals surface area (Å²) in [7, 11) is 1.79. The van der Waals surface area contributed by atoms with Crippen molar-refractivity contribution < 1.29 is 0 Å². The maximum Gasteiger partial charge on any atom is 0.191 e. The summed E-state index contributed by atoms with van der Waals surface area (Å²) in [5, 5.41) is 6.58. The summed E-state index contributed by atoms with van der Waals surface area (Å²) >= 11 is 0. The molecule has 0 amide bonds. The molecule has 0 spiro atoms.